The predicted octanol–water partition coefficient (Wildman–Crippen LogP) is 4.08. The fourth-order valence-electron chi connectivity index (χ4n) is 1.89. The molecule has 0 radical (unpaired) electrons. The van der Waals surface area contributed by atoms with Gasteiger partial charge in [-0.15, -0.1) is 0 Å². The topological polar surface area (TPSA) is 50.7 Å². The first kappa shape index (κ1) is 14.9. The maximum absolute atomic E-state index is 4.63. The van der Waals surface area contributed by atoms with E-state index in [2.05, 4.69) is 50.0 Å². The van der Waals surface area contributed by atoms with Crippen LogP contribution in [0.4, 0.5) is 5.82 Å². The Morgan fingerprint density at radius 1 is 1.10 bits per heavy atom. The molecule has 0 aliphatic heterocycles. The Balaban J connectivity index is 2.37. The summed E-state index contributed by atoms with van der Waals surface area (Å²) in [6, 6.07) is 4.02. The van der Waals surface area contributed by atoms with Crippen LogP contribution in [0, 0.1) is 0 Å². The Hall–Kier alpha value is -1.49. The number of aryl methyl sites for hydroxylation is 1. The Morgan fingerprint density at radius 3 is 2.65 bits per heavy atom. The highest BCUT2D eigenvalue weighted by atomic mass is 79.9. The lowest BCUT2D eigenvalue weighted by Crippen LogP contribution is -2.05. The second-order valence-corrected chi connectivity index (χ2v) is 5.55. The SMILES string of the molecule is CCCNc1cc(CCC)nc(-c2cncc(Br)c2)n1. The number of hydrogen-bond donors (Lipinski definition) is 1. The van der Waals surface area contributed by atoms with Gasteiger partial charge in [0.15, 0.2) is 5.82 Å². The molecule has 0 aliphatic rings. The first-order valence-corrected chi connectivity index (χ1v) is 7.75. The number of pyridine rings is 1. The van der Waals surface area contributed by atoms with Gasteiger partial charge in [-0.1, -0.05) is 20.3 Å². The Kier molecular flexibility index (Phi) is 5.47. The summed E-state index contributed by atoms with van der Waals surface area (Å²) < 4.78 is 0.933. The molecule has 4 nitrogen and oxygen atoms in total. The fraction of sp³-hybridized carbons (Fsp3) is 0.400. The molecule has 1 N–H and O–H groups in total. The Morgan fingerprint density at radius 2 is 1.95 bits per heavy atom. The summed E-state index contributed by atoms with van der Waals surface area (Å²) in [5, 5.41) is 3.33. The molecule has 0 spiro atoms. The first-order valence-electron chi connectivity index (χ1n) is 6.95. The average molecular weight is 335 g/mol. The molecule has 2 rings (SSSR count). The van der Waals surface area contributed by atoms with Crippen molar-refractivity contribution in [2.75, 3.05) is 11.9 Å². The third-order valence-corrected chi connectivity index (χ3v) is 3.24. The van der Waals surface area contributed by atoms with E-state index in [1.165, 1.54) is 0 Å². The van der Waals surface area contributed by atoms with Crippen molar-refractivity contribution in [3.63, 3.8) is 0 Å². The van der Waals surface area contributed by atoms with Gasteiger partial charge in [-0.05, 0) is 34.8 Å². The van der Waals surface area contributed by atoms with Crippen molar-refractivity contribution in [2.45, 2.75) is 33.1 Å². The van der Waals surface area contributed by atoms with Crippen molar-refractivity contribution in [1.29, 1.82) is 0 Å². The summed E-state index contributed by atoms with van der Waals surface area (Å²) in [5.41, 5.74) is 1.99. The van der Waals surface area contributed by atoms with Gasteiger partial charge in [-0.2, -0.15) is 0 Å². The van der Waals surface area contributed by atoms with Gasteiger partial charge >= 0.3 is 0 Å². The molecule has 0 fully saturated rings. The zero-order valence-corrected chi connectivity index (χ0v) is 13.4. The molecule has 0 aliphatic carbocycles. The molecule has 106 valence electrons. The summed E-state index contributed by atoms with van der Waals surface area (Å²) in [7, 11) is 0. The van der Waals surface area contributed by atoms with Crippen LogP contribution >= 0.6 is 15.9 Å². The number of rotatable bonds is 6. The number of nitrogens with one attached hydrogen (secondary N) is 1. The maximum Gasteiger partial charge on any atom is 0.163 e. The standard InChI is InChI=1S/C15H19BrN4/c1-3-5-13-8-14(18-6-4-2)20-15(19-13)11-7-12(16)10-17-9-11/h7-10H,3-6H2,1-2H3,(H,18,19,20). The predicted molar refractivity (Wildman–Crippen MR) is 85.7 cm³/mol. The average Bonchev–Trinajstić information content (AvgIpc) is 2.45. The van der Waals surface area contributed by atoms with Crippen LogP contribution in [0.3, 0.4) is 0 Å². The van der Waals surface area contributed by atoms with E-state index in [1.54, 1.807) is 12.4 Å². The molecule has 0 amide bonds. The van der Waals surface area contributed by atoms with Crippen LogP contribution in [0.25, 0.3) is 11.4 Å². The van der Waals surface area contributed by atoms with Crippen molar-refractivity contribution in [1.82, 2.24) is 15.0 Å². The summed E-state index contributed by atoms with van der Waals surface area (Å²) in [6.07, 6.45) is 6.65. The lowest BCUT2D eigenvalue weighted by Gasteiger charge is -2.09. The molecule has 0 saturated carbocycles. The van der Waals surface area contributed by atoms with Crippen LogP contribution < -0.4 is 5.32 Å². The number of halogens is 1. The van der Waals surface area contributed by atoms with Gasteiger partial charge in [0, 0.05) is 40.7 Å². The smallest absolute Gasteiger partial charge is 0.163 e. The zero-order valence-electron chi connectivity index (χ0n) is 11.9. The Bertz CT molecular complexity index is 572. The van der Waals surface area contributed by atoms with E-state index in [9.17, 15) is 0 Å². The molecule has 2 heterocycles. The highest BCUT2D eigenvalue weighted by molar-refractivity contribution is 9.10. The number of nitrogens with zero attached hydrogens (tertiary/aromatic N) is 3. The van der Waals surface area contributed by atoms with Crippen molar-refractivity contribution >= 4 is 21.7 Å². The van der Waals surface area contributed by atoms with E-state index in [4.69, 9.17) is 0 Å². The first-order chi connectivity index (χ1) is 9.72. The molecule has 2 aromatic rings. The minimum atomic E-state index is 0.725. The number of hydrogen-bond acceptors (Lipinski definition) is 4. The van der Waals surface area contributed by atoms with Gasteiger partial charge < -0.3 is 5.32 Å². The van der Waals surface area contributed by atoms with Gasteiger partial charge in [0.25, 0.3) is 0 Å². The van der Waals surface area contributed by atoms with Crippen LogP contribution in [0.5, 0.6) is 0 Å². The lowest BCUT2D eigenvalue weighted by molar-refractivity contribution is 0.872. The minimum absolute atomic E-state index is 0.725. The molecule has 2 aromatic heterocycles. The van der Waals surface area contributed by atoms with Crippen molar-refractivity contribution in [2.24, 2.45) is 0 Å². The molecule has 0 unspecified atom stereocenters. The maximum atomic E-state index is 4.63. The van der Waals surface area contributed by atoms with Gasteiger partial charge in [-0.25, -0.2) is 9.97 Å². The van der Waals surface area contributed by atoms with Crippen LogP contribution in [-0.2, 0) is 6.42 Å². The van der Waals surface area contributed by atoms with Crippen molar-refractivity contribution in [3.8, 4) is 11.4 Å². The molecule has 0 bridgehead atoms. The van der Waals surface area contributed by atoms with Gasteiger partial charge in [0.2, 0.25) is 0 Å². The van der Waals surface area contributed by atoms with E-state index in [0.29, 0.717) is 0 Å². The quantitative estimate of drug-likeness (QED) is 0.864. The molecule has 0 atom stereocenters. The normalized spacial score (nSPS) is 10.6. The summed E-state index contributed by atoms with van der Waals surface area (Å²) in [4.78, 5) is 13.4. The zero-order chi connectivity index (χ0) is 14.4. The molecule has 0 saturated heterocycles. The van der Waals surface area contributed by atoms with Crippen LogP contribution in [0.15, 0.2) is 29.0 Å². The van der Waals surface area contributed by atoms with E-state index >= 15 is 0 Å². The highest BCUT2D eigenvalue weighted by Crippen LogP contribution is 2.21. The van der Waals surface area contributed by atoms with Gasteiger partial charge in [-0.3, -0.25) is 4.98 Å². The Labute approximate surface area is 128 Å². The molecular formula is C15H19BrN4. The monoisotopic (exact) mass is 334 g/mol. The van der Waals surface area contributed by atoms with Crippen LogP contribution in [0.2, 0.25) is 0 Å². The fourth-order valence-corrected chi connectivity index (χ4v) is 2.25. The molecule has 20 heavy (non-hydrogen) atoms. The summed E-state index contributed by atoms with van der Waals surface area (Å²) >= 11 is 3.44. The second-order valence-electron chi connectivity index (χ2n) is 4.64. The minimum Gasteiger partial charge on any atom is -0.370 e. The number of anilines is 1. The van der Waals surface area contributed by atoms with Crippen LogP contribution in [0.1, 0.15) is 32.4 Å². The molecule has 0 aromatic carbocycles. The van der Waals surface area contributed by atoms with Gasteiger partial charge in [0.1, 0.15) is 5.82 Å². The highest BCUT2D eigenvalue weighted by Gasteiger charge is 2.07. The summed E-state index contributed by atoms with van der Waals surface area (Å²) in [5.74, 6) is 1.61. The van der Waals surface area contributed by atoms with E-state index in [1.807, 2.05) is 12.1 Å². The number of aromatic nitrogens is 3. The lowest BCUT2D eigenvalue weighted by atomic mass is 10.2. The second kappa shape index (κ2) is 7.33. The van der Waals surface area contributed by atoms with Crippen molar-refractivity contribution in [3.05, 3.63) is 34.7 Å². The summed E-state index contributed by atoms with van der Waals surface area (Å²) in [6.45, 7) is 5.21. The van der Waals surface area contributed by atoms with Crippen LogP contribution in [-0.4, -0.2) is 21.5 Å². The van der Waals surface area contributed by atoms with E-state index in [0.717, 1.165) is 53.2 Å². The third-order valence-electron chi connectivity index (χ3n) is 2.80. The van der Waals surface area contributed by atoms with Gasteiger partial charge in [0.05, 0.1) is 0 Å². The third kappa shape index (κ3) is 4.00. The molecule has 5 heteroatoms. The largest absolute Gasteiger partial charge is 0.370 e. The van der Waals surface area contributed by atoms with Crippen molar-refractivity contribution < 1.29 is 0 Å². The van der Waals surface area contributed by atoms with E-state index in [-0.39, 0.29) is 0 Å². The van der Waals surface area contributed by atoms with E-state index < -0.39 is 0 Å². The molecular weight excluding hydrogens is 316 g/mol.